The van der Waals surface area contributed by atoms with Crippen molar-refractivity contribution in [3.05, 3.63) is 23.8 Å². The van der Waals surface area contributed by atoms with Crippen LogP contribution in [0.1, 0.15) is 67.5 Å². The molecule has 3 rings (SSSR count). The first kappa shape index (κ1) is 16.9. The van der Waals surface area contributed by atoms with Gasteiger partial charge in [-0.15, -0.1) is 0 Å². The smallest absolute Gasteiger partial charge is 0.274 e. The third-order valence-corrected chi connectivity index (χ3v) is 4.80. The SMILES string of the molecule is Cc1cnc(C(=O)N(CCC(=O)NC2CCCCC2)C2CC2)cn1. The van der Waals surface area contributed by atoms with Gasteiger partial charge < -0.3 is 10.2 Å². The van der Waals surface area contributed by atoms with E-state index in [4.69, 9.17) is 0 Å². The van der Waals surface area contributed by atoms with Gasteiger partial charge in [0.1, 0.15) is 5.69 Å². The van der Waals surface area contributed by atoms with Gasteiger partial charge in [0.25, 0.3) is 5.91 Å². The van der Waals surface area contributed by atoms with Crippen LogP contribution >= 0.6 is 0 Å². The van der Waals surface area contributed by atoms with Gasteiger partial charge in [-0.2, -0.15) is 0 Å². The van der Waals surface area contributed by atoms with E-state index in [0.717, 1.165) is 31.4 Å². The van der Waals surface area contributed by atoms with E-state index in [9.17, 15) is 9.59 Å². The van der Waals surface area contributed by atoms with E-state index >= 15 is 0 Å². The molecule has 1 N–H and O–H groups in total. The topological polar surface area (TPSA) is 75.2 Å². The molecule has 0 bridgehead atoms. The Morgan fingerprint density at radius 2 is 1.88 bits per heavy atom. The molecule has 0 radical (unpaired) electrons. The van der Waals surface area contributed by atoms with E-state index in [1.54, 1.807) is 11.1 Å². The Balaban J connectivity index is 1.53. The fourth-order valence-corrected chi connectivity index (χ4v) is 3.26. The maximum Gasteiger partial charge on any atom is 0.274 e. The highest BCUT2D eigenvalue weighted by Crippen LogP contribution is 2.28. The van der Waals surface area contributed by atoms with Gasteiger partial charge >= 0.3 is 0 Å². The van der Waals surface area contributed by atoms with E-state index in [0.29, 0.717) is 24.7 Å². The van der Waals surface area contributed by atoms with E-state index in [1.165, 1.54) is 25.5 Å². The Morgan fingerprint density at radius 1 is 1.12 bits per heavy atom. The number of hydrogen-bond donors (Lipinski definition) is 1. The van der Waals surface area contributed by atoms with Crippen LogP contribution in [0.15, 0.2) is 12.4 Å². The maximum absolute atomic E-state index is 12.6. The first-order chi connectivity index (χ1) is 11.6. The van der Waals surface area contributed by atoms with Crippen LogP contribution in [-0.4, -0.2) is 45.3 Å². The Bertz CT molecular complexity index is 577. The predicted octanol–water partition coefficient (Wildman–Crippen LogP) is 2.23. The number of rotatable bonds is 6. The molecule has 2 aliphatic rings. The van der Waals surface area contributed by atoms with Gasteiger partial charge in [-0.1, -0.05) is 19.3 Å². The maximum atomic E-state index is 12.6. The van der Waals surface area contributed by atoms with Crippen molar-refractivity contribution in [2.24, 2.45) is 0 Å². The average Bonchev–Trinajstić information content (AvgIpc) is 3.41. The van der Waals surface area contributed by atoms with Crippen LogP contribution in [0.4, 0.5) is 0 Å². The second kappa shape index (κ2) is 7.73. The Hall–Kier alpha value is -1.98. The molecule has 0 aliphatic heterocycles. The fraction of sp³-hybridized carbons (Fsp3) is 0.667. The van der Waals surface area contributed by atoms with E-state index < -0.39 is 0 Å². The summed E-state index contributed by atoms with van der Waals surface area (Å²) in [4.78, 5) is 34.9. The zero-order chi connectivity index (χ0) is 16.9. The number of carbonyl (C=O) groups excluding carboxylic acids is 2. The molecule has 130 valence electrons. The fourth-order valence-electron chi connectivity index (χ4n) is 3.26. The Kier molecular flexibility index (Phi) is 5.43. The van der Waals surface area contributed by atoms with Crippen LogP contribution in [0.5, 0.6) is 0 Å². The summed E-state index contributed by atoms with van der Waals surface area (Å²) in [5.74, 6) is -0.0641. The molecule has 6 heteroatoms. The Labute approximate surface area is 143 Å². The molecule has 0 aromatic carbocycles. The first-order valence-corrected chi connectivity index (χ1v) is 9.02. The molecular formula is C18H26N4O2. The molecule has 24 heavy (non-hydrogen) atoms. The van der Waals surface area contributed by atoms with Crippen LogP contribution in [0.2, 0.25) is 0 Å². The quantitative estimate of drug-likeness (QED) is 0.868. The summed E-state index contributed by atoms with van der Waals surface area (Å²) in [7, 11) is 0. The lowest BCUT2D eigenvalue weighted by atomic mass is 9.95. The zero-order valence-corrected chi connectivity index (χ0v) is 14.3. The zero-order valence-electron chi connectivity index (χ0n) is 14.3. The van der Waals surface area contributed by atoms with Gasteiger partial charge in [-0.25, -0.2) is 4.98 Å². The van der Waals surface area contributed by atoms with E-state index in [-0.39, 0.29) is 17.9 Å². The van der Waals surface area contributed by atoms with Gasteiger partial charge in [-0.05, 0) is 32.6 Å². The first-order valence-electron chi connectivity index (χ1n) is 9.02. The van der Waals surface area contributed by atoms with Gasteiger partial charge in [0.05, 0.1) is 11.9 Å². The number of amides is 2. The highest BCUT2D eigenvalue weighted by atomic mass is 16.2. The lowest BCUT2D eigenvalue weighted by Gasteiger charge is -2.25. The molecule has 6 nitrogen and oxygen atoms in total. The van der Waals surface area contributed by atoms with Crippen molar-refractivity contribution >= 4 is 11.8 Å². The van der Waals surface area contributed by atoms with Crippen LogP contribution in [0.3, 0.4) is 0 Å². The van der Waals surface area contributed by atoms with E-state index in [1.807, 2.05) is 6.92 Å². The summed E-state index contributed by atoms with van der Waals surface area (Å²) in [6.45, 7) is 2.30. The van der Waals surface area contributed by atoms with Gasteiger partial charge in [0.15, 0.2) is 0 Å². The summed E-state index contributed by atoms with van der Waals surface area (Å²) in [5.41, 5.74) is 1.15. The molecule has 0 atom stereocenters. The summed E-state index contributed by atoms with van der Waals surface area (Å²) in [6, 6.07) is 0.572. The molecular weight excluding hydrogens is 304 g/mol. The molecule has 1 aromatic rings. The largest absolute Gasteiger partial charge is 0.353 e. The minimum Gasteiger partial charge on any atom is -0.353 e. The minimum absolute atomic E-state index is 0.0512. The second-order valence-electron chi connectivity index (χ2n) is 6.93. The van der Waals surface area contributed by atoms with Crippen molar-refractivity contribution in [3.8, 4) is 0 Å². The van der Waals surface area contributed by atoms with Crippen LogP contribution in [0.25, 0.3) is 0 Å². The monoisotopic (exact) mass is 330 g/mol. The van der Waals surface area contributed by atoms with Gasteiger partial charge in [0, 0.05) is 31.2 Å². The summed E-state index contributed by atoms with van der Waals surface area (Å²) >= 11 is 0. The standard InChI is InChI=1S/C18H26N4O2/c1-13-11-20-16(12-19-13)18(24)22(15-7-8-15)10-9-17(23)21-14-5-3-2-4-6-14/h11-12,14-15H,2-10H2,1H3,(H,21,23). The lowest BCUT2D eigenvalue weighted by Crippen LogP contribution is -2.40. The van der Waals surface area contributed by atoms with Crippen molar-refractivity contribution < 1.29 is 9.59 Å². The number of carbonyl (C=O) groups is 2. The second-order valence-corrected chi connectivity index (χ2v) is 6.93. The third kappa shape index (κ3) is 4.52. The molecule has 2 fully saturated rings. The van der Waals surface area contributed by atoms with Gasteiger partial charge in [-0.3, -0.25) is 14.6 Å². The minimum atomic E-state index is -0.115. The van der Waals surface area contributed by atoms with Crippen LogP contribution in [0, 0.1) is 6.92 Å². The highest BCUT2D eigenvalue weighted by Gasteiger charge is 2.33. The van der Waals surface area contributed by atoms with Crippen molar-refractivity contribution in [2.45, 2.75) is 70.4 Å². The molecule has 0 unspecified atom stereocenters. The van der Waals surface area contributed by atoms with Crippen LogP contribution < -0.4 is 5.32 Å². The lowest BCUT2D eigenvalue weighted by molar-refractivity contribution is -0.122. The average molecular weight is 330 g/mol. The number of nitrogens with one attached hydrogen (secondary N) is 1. The summed E-state index contributed by atoms with van der Waals surface area (Å²) < 4.78 is 0. The molecule has 1 heterocycles. The van der Waals surface area contributed by atoms with Crippen molar-refractivity contribution in [1.29, 1.82) is 0 Å². The van der Waals surface area contributed by atoms with Crippen molar-refractivity contribution in [3.63, 3.8) is 0 Å². The molecule has 1 aromatic heterocycles. The van der Waals surface area contributed by atoms with Crippen LogP contribution in [-0.2, 0) is 4.79 Å². The number of aryl methyl sites for hydroxylation is 1. The Morgan fingerprint density at radius 3 is 2.50 bits per heavy atom. The third-order valence-electron chi connectivity index (χ3n) is 4.80. The van der Waals surface area contributed by atoms with Crippen molar-refractivity contribution in [1.82, 2.24) is 20.2 Å². The van der Waals surface area contributed by atoms with Crippen molar-refractivity contribution in [2.75, 3.05) is 6.54 Å². The number of hydrogen-bond acceptors (Lipinski definition) is 4. The van der Waals surface area contributed by atoms with Gasteiger partial charge in [0.2, 0.25) is 5.91 Å². The predicted molar refractivity (Wildman–Crippen MR) is 90.5 cm³/mol. The summed E-state index contributed by atoms with van der Waals surface area (Å²) in [5, 5.41) is 3.11. The highest BCUT2D eigenvalue weighted by molar-refractivity contribution is 5.92. The number of nitrogens with zero attached hydrogens (tertiary/aromatic N) is 3. The molecule has 2 amide bonds. The number of aromatic nitrogens is 2. The normalized spacial score (nSPS) is 18.2. The molecule has 0 spiro atoms. The summed E-state index contributed by atoms with van der Waals surface area (Å²) in [6.07, 6.45) is 11.3. The molecule has 2 saturated carbocycles. The van der Waals surface area contributed by atoms with E-state index in [2.05, 4.69) is 15.3 Å². The molecule has 0 saturated heterocycles. The molecule has 2 aliphatic carbocycles.